The minimum atomic E-state index is -4.90. The van der Waals surface area contributed by atoms with E-state index in [0.717, 1.165) is 16.8 Å². The van der Waals surface area contributed by atoms with E-state index in [1.165, 1.54) is 11.6 Å². The van der Waals surface area contributed by atoms with Crippen molar-refractivity contribution in [3.63, 3.8) is 0 Å². The summed E-state index contributed by atoms with van der Waals surface area (Å²) in [6, 6.07) is 1.06. The van der Waals surface area contributed by atoms with E-state index in [0.29, 0.717) is 0 Å². The van der Waals surface area contributed by atoms with E-state index in [4.69, 9.17) is 41.9 Å². The van der Waals surface area contributed by atoms with Crippen LogP contribution in [0.1, 0.15) is 13.2 Å². The average Bonchev–Trinajstić information content (AvgIpc) is 3.02. The summed E-state index contributed by atoms with van der Waals surface area (Å²) in [5.41, 5.74) is -1.50. The summed E-state index contributed by atoms with van der Waals surface area (Å²) in [4.78, 5) is 45.7. The SMILES string of the molecule is CCP(O)(=S)O[C@H]1[C@@H](OC)[C@H](n2ccc(=O)[nH]c2=O)O[C@@H]1COP(=O)(O)NS(=O)(=O)CCl. The van der Waals surface area contributed by atoms with Crippen molar-refractivity contribution in [1.82, 2.24) is 14.0 Å². The van der Waals surface area contributed by atoms with Gasteiger partial charge in [0.05, 0.1) is 6.61 Å². The van der Waals surface area contributed by atoms with E-state index in [1.807, 2.05) is 4.98 Å². The lowest BCUT2D eigenvalue weighted by Crippen LogP contribution is -2.40. The van der Waals surface area contributed by atoms with Crippen LogP contribution in [0.15, 0.2) is 21.9 Å². The Morgan fingerprint density at radius 2 is 2.03 bits per heavy atom. The molecule has 2 unspecified atom stereocenters. The average molecular weight is 558 g/mol. The fourth-order valence-electron chi connectivity index (χ4n) is 2.74. The summed E-state index contributed by atoms with van der Waals surface area (Å²) in [5.74, 6) is 0. The van der Waals surface area contributed by atoms with Gasteiger partial charge in [-0.05, 0) is 11.8 Å². The van der Waals surface area contributed by atoms with Gasteiger partial charge in [0.2, 0.25) is 10.0 Å². The second kappa shape index (κ2) is 10.8. The highest BCUT2D eigenvalue weighted by atomic mass is 35.5. The summed E-state index contributed by atoms with van der Waals surface area (Å²) in [6.45, 7) is -2.48. The number of aromatic nitrogens is 2. The molecular formula is C13H22ClN3O11P2S2. The maximum absolute atomic E-state index is 12.2. The van der Waals surface area contributed by atoms with Crippen LogP contribution in [0.3, 0.4) is 0 Å². The van der Waals surface area contributed by atoms with Crippen LogP contribution in [0.4, 0.5) is 0 Å². The number of hydrogen-bond donors (Lipinski definition) is 4. The smallest absolute Gasteiger partial charge is 0.374 e. The number of hydrogen-bond acceptors (Lipinski definition) is 10. The van der Waals surface area contributed by atoms with Gasteiger partial charge in [-0.15, -0.1) is 16.1 Å². The number of nitrogens with zero attached hydrogens (tertiary/aromatic N) is 1. The predicted molar refractivity (Wildman–Crippen MR) is 117 cm³/mol. The van der Waals surface area contributed by atoms with Crippen molar-refractivity contribution < 1.29 is 41.3 Å². The summed E-state index contributed by atoms with van der Waals surface area (Å²) >= 11 is 10.2. The van der Waals surface area contributed by atoms with Crippen molar-refractivity contribution >= 4 is 47.7 Å². The molecule has 1 aliphatic heterocycles. The molecule has 2 heterocycles. The van der Waals surface area contributed by atoms with Crippen molar-refractivity contribution in [1.29, 1.82) is 0 Å². The Kier molecular flexibility index (Phi) is 9.41. The van der Waals surface area contributed by atoms with Gasteiger partial charge in [-0.2, -0.15) is 0 Å². The molecule has 0 bridgehead atoms. The van der Waals surface area contributed by atoms with Crippen molar-refractivity contribution in [2.24, 2.45) is 0 Å². The van der Waals surface area contributed by atoms with E-state index >= 15 is 0 Å². The quantitative estimate of drug-likeness (QED) is 0.199. The van der Waals surface area contributed by atoms with Gasteiger partial charge in [-0.3, -0.25) is 18.9 Å². The molecule has 0 amide bonds. The molecule has 19 heteroatoms. The Labute approximate surface area is 192 Å². The molecule has 0 aromatic carbocycles. The van der Waals surface area contributed by atoms with E-state index in [2.05, 4.69) is 0 Å². The number of rotatable bonds is 11. The first-order valence-corrected chi connectivity index (χ1v) is 15.4. The van der Waals surface area contributed by atoms with Crippen molar-refractivity contribution in [2.45, 2.75) is 31.5 Å². The number of sulfonamides is 1. The second-order valence-corrected chi connectivity index (χ2v) is 14.4. The molecule has 1 aromatic heterocycles. The number of ether oxygens (including phenoxy) is 2. The van der Waals surface area contributed by atoms with Crippen LogP contribution in [-0.4, -0.2) is 71.2 Å². The van der Waals surface area contributed by atoms with Gasteiger partial charge in [0.15, 0.2) is 12.7 Å². The van der Waals surface area contributed by atoms with Crippen LogP contribution in [0.25, 0.3) is 0 Å². The van der Waals surface area contributed by atoms with Gasteiger partial charge in [0.1, 0.15) is 23.5 Å². The molecule has 0 aliphatic carbocycles. The second-order valence-electron chi connectivity index (χ2n) is 6.44. The van der Waals surface area contributed by atoms with Gasteiger partial charge in [0, 0.05) is 25.5 Å². The van der Waals surface area contributed by atoms with Crippen LogP contribution in [0.2, 0.25) is 0 Å². The first-order valence-electron chi connectivity index (χ1n) is 8.79. The zero-order valence-corrected chi connectivity index (χ0v) is 20.9. The van der Waals surface area contributed by atoms with E-state index in [9.17, 15) is 32.4 Å². The van der Waals surface area contributed by atoms with E-state index in [1.54, 1.807) is 6.92 Å². The lowest BCUT2D eigenvalue weighted by Gasteiger charge is -2.27. The Bertz CT molecular complexity index is 1130. The first-order chi connectivity index (χ1) is 14.7. The van der Waals surface area contributed by atoms with Crippen molar-refractivity contribution in [3.8, 4) is 0 Å². The third kappa shape index (κ3) is 7.26. The van der Waals surface area contributed by atoms with Gasteiger partial charge < -0.3 is 23.8 Å². The summed E-state index contributed by atoms with van der Waals surface area (Å²) in [5, 5.41) is -0.987. The molecule has 1 saturated heterocycles. The Morgan fingerprint density at radius 3 is 2.56 bits per heavy atom. The standard InChI is InChI=1S/C13H22ClN3O11P2S2/c1-3-29(20,31)28-10-8(6-26-30(21,22)16-32(23,24)7-14)27-12(11(10)25-2)17-5-4-9(18)15-13(17)19/h4-5,8,10-12H,3,6-7H2,1-2H3,(H,20,31)(H,15,18,19)(H2,16,21,22)/t8-,10-,11-,12-,29?/m1/s1. The molecular weight excluding hydrogens is 536 g/mol. The molecule has 0 saturated carbocycles. The molecule has 14 nitrogen and oxygen atoms in total. The van der Waals surface area contributed by atoms with Crippen LogP contribution in [0.5, 0.6) is 0 Å². The molecule has 6 atom stereocenters. The lowest BCUT2D eigenvalue weighted by molar-refractivity contribution is -0.0609. The molecule has 0 spiro atoms. The highest BCUT2D eigenvalue weighted by molar-refractivity contribution is 8.09. The van der Waals surface area contributed by atoms with Crippen LogP contribution < -0.4 is 15.7 Å². The number of nitrogens with one attached hydrogen (secondary N) is 2. The van der Waals surface area contributed by atoms with Crippen LogP contribution in [-0.2, 0) is 44.9 Å². The molecule has 2 rings (SSSR count). The normalized spacial score (nSPS) is 27.7. The molecule has 184 valence electrons. The monoisotopic (exact) mass is 557 g/mol. The number of H-pyrrole nitrogens is 1. The summed E-state index contributed by atoms with van der Waals surface area (Å²) < 4.78 is 58.9. The topological polar surface area (TPSA) is 195 Å². The van der Waals surface area contributed by atoms with E-state index in [-0.39, 0.29) is 6.16 Å². The first kappa shape index (κ1) is 27.8. The summed E-state index contributed by atoms with van der Waals surface area (Å²) in [7, 11) is -7.94. The Hall–Kier alpha value is -0.480. The fraction of sp³-hybridized carbons (Fsp3) is 0.692. The Balaban J connectivity index is 2.35. The zero-order chi connectivity index (χ0) is 24.3. The van der Waals surface area contributed by atoms with Gasteiger partial charge in [-0.25, -0.2) is 17.8 Å². The third-order valence-electron chi connectivity index (χ3n) is 4.18. The van der Waals surface area contributed by atoms with E-state index < -0.39 is 71.9 Å². The summed E-state index contributed by atoms with van der Waals surface area (Å²) in [6.07, 6.45) is -3.52. The number of alkyl halides is 1. The molecule has 1 fully saturated rings. The fourth-order valence-corrected chi connectivity index (χ4v) is 6.42. The maximum atomic E-state index is 12.2. The highest BCUT2D eigenvalue weighted by Crippen LogP contribution is 2.48. The van der Waals surface area contributed by atoms with Crippen molar-refractivity contribution in [2.75, 3.05) is 25.1 Å². The minimum Gasteiger partial charge on any atom is -0.374 e. The molecule has 4 N–H and O–H groups in total. The van der Waals surface area contributed by atoms with Crippen LogP contribution in [0, 0.1) is 0 Å². The molecule has 1 aliphatic rings. The molecule has 32 heavy (non-hydrogen) atoms. The highest BCUT2D eigenvalue weighted by Gasteiger charge is 2.49. The maximum Gasteiger partial charge on any atom is 0.416 e. The Morgan fingerprint density at radius 1 is 1.38 bits per heavy atom. The molecule has 1 aromatic rings. The third-order valence-corrected chi connectivity index (χ3v) is 10.3. The van der Waals surface area contributed by atoms with Gasteiger partial charge in [-0.1, -0.05) is 6.92 Å². The molecule has 0 radical (unpaired) electrons. The number of halogens is 1. The largest absolute Gasteiger partial charge is 0.416 e. The minimum absolute atomic E-state index is 0.0696. The number of aromatic amines is 1. The number of methoxy groups -OCH3 is 1. The zero-order valence-electron chi connectivity index (χ0n) is 16.7. The predicted octanol–water partition coefficient (Wildman–Crippen LogP) is -0.611. The lowest BCUT2D eigenvalue weighted by atomic mass is 10.1. The van der Waals surface area contributed by atoms with Gasteiger partial charge in [0.25, 0.3) is 5.56 Å². The van der Waals surface area contributed by atoms with Gasteiger partial charge >= 0.3 is 13.4 Å². The van der Waals surface area contributed by atoms with Crippen LogP contribution >= 0.6 is 25.8 Å². The van der Waals surface area contributed by atoms with Crippen molar-refractivity contribution in [3.05, 3.63) is 33.1 Å².